The van der Waals surface area contributed by atoms with E-state index in [0.717, 1.165) is 5.56 Å². The minimum atomic E-state index is -0.224. The molecule has 2 heteroatoms. The van der Waals surface area contributed by atoms with Crippen LogP contribution in [0.5, 0.6) is 0 Å². The standard InChI is InChI=1S/C10H10FN/c1-2-7-12-8-9-3-5-10(11)6-4-9/h2-8H,1H3/b7-2+,12-8+. The summed E-state index contributed by atoms with van der Waals surface area (Å²) in [5.41, 5.74) is 0.898. The van der Waals surface area contributed by atoms with E-state index in [-0.39, 0.29) is 5.82 Å². The summed E-state index contributed by atoms with van der Waals surface area (Å²) < 4.78 is 12.4. The Labute approximate surface area is 71.3 Å². The van der Waals surface area contributed by atoms with Gasteiger partial charge in [0.25, 0.3) is 0 Å². The average molecular weight is 163 g/mol. The van der Waals surface area contributed by atoms with E-state index in [1.807, 2.05) is 13.0 Å². The van der Waals surface area contributed by atoms with Crippen molar-refractivity contribution in [3.05, 3.63) is 47.9 Å². The van der Waals surface area contributed by atoms with Crippen molar-refractivity contribution in [1.29, 1.82) is 0 Å². The highest BCUT2D eigenvalue weighted by Gasteiger charge is 1.87. The van der Waals surface area contributed by atoms with Crippen LogP contribution in [0.15, 0.2) is 41.5 Å². The van der Waals surface area contributed by atoms with Gasteiger partial charge in [-0.25, -0.2) is 4.39 Å². The molecule has 0 spiro atoms. The van der Waals surface area contributed by atoms with Gasteiger partial charge >= 0.3 is 0 Å². The monoisotopic (exact) mass is 163 g/mol. The quantitative estimate of drug-likeness (QED) is 0.594. The fraction of sp³-hybridized carbons (Fsp3) is 0.100. The molecule has 0 heterocycles. The van der Waals surface area contributed by atoms with Crippen molar-refractivity contribution >= 4 is 6.21 Å². The summed E-state index contributed by atoms with van der Waals surface area (Å²) in [7, 11) is 0. The summed E-state index contributed by atoms with van der Waals surface area (Å²) >= 11 is 0. The van der Waals surface area contributed by atoms with Crippen LogP contribution in [0.1, 0.15) is 12.5 Å². The van der Waals surface area contributed by atoms with Crippen LogP contribution >= 0.6 is 0 Å². The van der Waals surface area contributed by atoms with Gasteiger partial charge in [0.1, 0.15) is 5.82 Å². The average Bonchev–Trinajstić information content (AvgIpc) is 2.09. The summed E-state index contributed by atoms with van der Waals surface area (Å²) in [5.74, 6) is -0.224. The van der Waals surface area contributed by atoms with E-state index in [4.69, 9.17) is 0 Å². The van der Waals surface area contributed by atoms with Gasteiger partial charge in [-0.15, -0.1) is 0 Å². The smallest absolute Gasteiger partial charge is 0.123 e. The van der Waals surface area contributed by atoms with Crippen LogP contribution in [0, 0.1) is 5.82 Å². The van der Waals surface area contributed by atoms with Gasteiger partial charge in [-0.1, -0.05) is 18.2 Å². The third-order valence-corrected chi connectivity index (χ3v) is 1.33. The van der Waals surface area contributed by atoms with Gasteiger partial charge in [-0.2, -0.15) is 0 Å². The van der Waals surface area contributed by atoms with Gasteiger partial charge in [-0.05, 0) is 24.6 Å². The van der Waals surface area contributed by atoms with Gasteiger partial charge in [0.15, 0.2) is 0 Å². The second-order valence-electron chi connectivity index (χ2n) is 2.31. The summed E-state index contributed by atoms with van der Waals surface area (Å²) in [5, 5.41) is 0. The minimum absolute atomic E-state index is 0.224. The highest BCUT2D eigenvalue weighted by molar-refractivity contribution is 5.79. The van der Waals surface area contributed by atoms with Crippen molar-refractivity contribution in [3.63, 3.8) is 0 Å². The Morgan fingerprint density at radius 3 is 2.50 bits per heavy atom. The second kappa shape index (κ2) is 4.44. The third-order valence-electron chi connectivity index (χ3n) is 1.33. The molecular weight excluding hydrogens is 153 g/mol. The first-order valence-corrected chi connectivity index (χ1v) is 3.73. The lowest BCUT2D eigenvalue weighted by Crippen LogP contribution is -1.79. The van der Waals surface area contributed by atoms with Crippen molar-refractivity contribution < 1.29 is 4.39 Å². The first-order valence-electron chi connectivity index (χ1n) is 3.73. The Morgan fingerprint density at radius 2 is 1.92 bits per heavy atom. The van der Waals surface area contributed by atoms with E-state index in [1.54, 1.807) is 24.5 Å². The lowest BCUT2D eigenvalue weighted by Gasteiger charge is -1.89. The Kier molecular flexibility index (Phi) is 3.20. The van der Waals surface area contributed by atoms with Crippen LogP contribution < -0.4 is 0 Å². The number of aliphatic imine (C=N–C) groups is 1. The van der Waals surface area contributed by atoms with E-state index < -0.39 is 0 Å². The molecule has 0 saturated heterocycles. The van der Waals surface area contributed by atoms with Gasteiger partial charge in [-0.3, -0.25) is 4.99 Å². The Bertz CT molecular complexity index is 285. The molecule has 0 aliphatic rings. The minimum Gasteiger partial charge on any atom is -0.264 e. The Morgan fingerprint density at radius 1 is 1.25 bits per heavy atom. The summed E-state index contributed by atoms with van der Waals surface area (Å²) in [6.07, 6.45) is 5.20. The number of halogens is 1. The van der Waals surface area contributed by atoms with E-state index in [0.29, 0.717) is 0 Å². The van der Waals surface area contributed by atoms with E-state index in [2.05, 4.69) is 4.99 Å². The van der Waals surface area contributed by atoms with E-state index in [9.17, 15) is 4.39 Å². The maximum absolute atomic E-state index is 12.4. The summed E-state index contributed by atoms with van der Waals surface area (Å²) in [6, 6.07) is 6.19. The van der Waals surface area contributed by atoms with Crippen LogP contribution in [0.25, 0.3) is 0 Å². The fourth-order valence-electron chi connectivity index (χ4n) is 0.764. The van der Waals surface area contributed by atoms with Crippen molar-refractivity contribution in [2.24, 2.45) is 4.99 Å². The molecule has 0 radical (unpaired) electrons. The van der Waals surface area contributed by atoms with Gasteiger partial charge in [0, 0.05) is 12.4 Å². The molecule has 0 bridgehead atoms. The van der Waals surface area contributed by atoms with Gasteiger partial charge < -0.3 is 0 Å². The van der Waals surface area contributed by atoms with Crippen LogP contribution in [0.2, 0.25) is 0 Å². The highest BCUT2D eigenvalue weighted by atomic mass is 19.1. The molecule has 0 aliphatic carbocycles. The molecule has 0 atom stereocenters. The predicted octanol–water partition coefficient (Wildman–Crippen LogP) is 2.78. The summed E-state index contributed by atoms with van der Waals surface area (Å²) in [4.78, 5) is 3.96. The molecule has 12 heavy (non-hydrogen) atoms. The number of hydrogen-bond donors (Lipinski definition) is 0. The number of benzene rings is 1. The molecule has 1 nitrogen and oxygen atoms in total. The molecule has 1 aromatic rings. The van der Waals surface area contributed by atoms with E-state index >= 15 is 0 Å². The topological polar surface area (TPSA) is 12.4 Å². The lowest BCUT2D eigenvalue weighted by atomic mass is 10.2. The zero-order valence-electron chi connectivity index (χ0n) is 6.87. The zero-order chi connectivity index (χ0) is 8.81. The maximum Gasteiger partial charge on any atom is 0.123 e. The van der Waals surface area contributed by atoms with Gasteiger partial charge in [0.2, 0.25) is 0 Å². The second-order valence-corrected chi connectivity index (χ2v) is 2.31. The Hall–Kier alpha value is -1.44. The third kappa shape index (κ3) is 2.66. The molecule has 0 aromatic heterocycles. The van der Waals surface area contributed by atoms with Crippen molar-refractivity contribution in [3.8, 4) is 0 Å². The van der Waals surface area contributed by atoms with Crippen LogP contribution in [-0.2, 0) is 0 Å². The molecule has 0 saturated carbocycles. The first-order chi connectivity index (χ1) is 5.83. The fourth-order valence-corrected chi connectivity index (χ4v) is 0.764. The summed E-state index contributed by atoms with van der Waals surface area (Å²) in [6.45, 7) is 1.89. The van der Waals surface area contributed by atoms with Gasteiger partial charge in [0.05, 0.1) is 0 Å². The van der Waals surface area contributed by atoms with E-state index in [1.165, 1.54) is 12.1 Å². The number of nitrogens with zero attached hydrogens (tertiary/aromatic N) is 1. The molecule has 1 rings (SSSR count). The molecule has 1 aromatic carbocycles. The largest absolute Gasteiger partial charge is 0.264 e. The first kappa shape index (κ1) is 8.65. The normalized spacial score (nSPS) is 11.5. The molecule has 0 aliphatic heterocycles. The highest BCUT2D eigenvalue weighted by Crippen LogP contribution is 1.99. The molecular formula is C10H10FN. The molecule has 0 amide bonds. The molecule has 0 unspecified atom stereocenters. The number of hydrogen-bond acceptors (Lipinski definition) is 1. The Balaban J connectivity index is 2.70. The predicted molar refractivity (Wildman–Crippen MR) is 48.8 cm³/mol. The zero-order valence-corrected chi connectivity index (χ0v) is 6.87. The lowest BCUT2D eigenvalue weighted by molar-refractivity contribution is 0.628. The van der Waals surface area contributed by atoms with Crippen molar-refractivity contribution in [1.82, 2.24) is 0 Å². The molecule has 62 valence electrons. The number of rotatable bonds is 2. The van der Waals surface area contributed by atoms with Crippen LogP contribution in [0.4, 0.5) is 4.39 Å². The SMILES string of the molecule is C/C=C/N=C/c1ccc(F)cc1. The maximum atomic E-state index is 12.4. The van der Waals surface area contributed by atoms with Crippen molar-refractivity contribution in [2.45, 2.75) is 6.92 Å². The molecule has 0 N–H and O–H groups in total. The van der Waals surface area contributed by atoms with Crippen LogP contribution in [-0.4, -0.2) is 6.21 Å². The van der Waals surface area contributed by atoms with Crippen LogP contribution in [0.3, 0.4) is 0 Å². The molecule has 0 fully saturated rings. The number of allylic oxidation sites excluding steroid dienone is 1. The van der Waals surface area contributed by atoms with Crippen molar-refractivity contribution in [2.75, 3.05) is 0 Å².